The summed E-state index contributed by atoms with van der Waals surface area (Å²) in [5, 5.41) is 9.29. The minimum absolute atomic E-state index is 0.104. The van der Waals surface area contributed by atoms with Crippen molar-refractivity contribution < 1.29 is 9.90 Å². The molecule has 0 saturated carbocycles. The van der Waals surface area contributed by atoms with E-state index in [4.69, 9.17) is 5.11 Å². The maximum Gasteiger partial charge on any atom is 0.313 e. The Balaban J connectivity index is 3.09. The molecule has 0 radical (unpaired) electrons. The Labute approximate surface area is 129 Å². The van der Waals surface area contributed by atoms with Gasteiger partial charge in [-0.3, -0.25) is 9.59 Å². The second-order valence-electron chi connectivity index (χ2n) is 5.68. The van der Waals surface area contributed by atoms with Crippen LogP contribution in [-0.2, 0) is 4.79 Å². The van der Waals surface area contributed by atoms with Crippen molar-refractivity contribution in [2.24, 2.45) is 5.92 Å². The molecule has 1 heterocycles. The summed E-state index contributed by atoms with van der Waals surface area (Å²) in [6.45, 7) is 5.09. The molecule has 0 bridgehead atoms. The van der Waals surface area contributed by atoms with E-state index in [-0.39, 0.29) is 17.4 Å². The van der Waals surface area contributed by atoms with Crippen LogP contribution in [0.4, 0.5) is 0 Å². The average molecular weight is 313 g/mol. The fourth-order valence-electron chi connectivity index (χ4n) is 2.15. The van der Waals surface area contributed by atoms with Crippen molar-refractivity contribution in [3.8, 4) is 0 Å². The summed E-state index contributed by atoms with van der Waals surface area (Å²) >= 11 is 1.09. The number of likely N-dealkylation sites (N-methyl/N-ethyl adjacent to an activating group) is 1. The fraction of sp³-hybridized carbons (Fsp3) is 0.643. The minimum atomic E-state index is -0.919. The Bertz CT molecular complexity index is 518. The van der Waals surface area contributed by atoms with E-state index in [2.05, 4.69) is 23.7 Å². The number of hydrogen-bond donors (Lipinski definition) is 1. The van der Waals surface area contributed by atoms with Gasteiger partial charge in [0.2, 0.25) is 0 Å². The van der Waals surface area contributed by atoms with Crippen LogP contribution in [0.1, 0.15) is 26.3 Å². The van der Waals surface area contributed by atoms with Gasteiger partial charge in [0.15, 0.2) is 5.16 Å². The zero-order chi connectivity index (χ0) is 16.0. The quantitative estimate of drug-likeness (QED) is 0.580. The summed E-state index contributed by atoms with van der Waals surface area (Å²) in [7, 11) is 3.99. The van der Waals surface area contributed by atoms with Gasteiger partial charge in [0.05, 0.1) is 5.75 Å². The lowest BCUT2D eigenvalue weighted by Gasteiger charge is -2.27. The second-order valence-corrected chi connectivity index (χ2v) is 6.63. The van der Waals surface area contributed by atoms with E-state index in [1.165, 1.54) is 6.07 Å². The third-order valence-corrected chi connectivity index (χ3v) is 3.79. The average Bonchev–Trinajstić information content (AvgIpc) is 2.34. The summed E-state index contributed by atoms with van der Waals surface area (Å²) < 4.78 is 1.93. The first kappa shape index (κ1) is 17.7. The highest BCUT2D eigenvalue weighted by Gasteiger charge is 2.18. The minimum Gasteiger partial charge on any atom is -0.481 e. The molecular formula is C14H23N3O3S. The molecule has 118 valence electrons. The first-order chi connectivity index (χ1) is 9.79. The molecule has 7 heteroatoms. The molecule has 21 heavy (non-hydrogen) atoms. The molecule has 1 unspecified atom stereocenters. The fourth-order valence-corrected chi connectivity index (χ4v) is 2.92. The molecule has 0 amide bonds. The van der Waals surface area contributed by atoms with Gasteiger partial charge < -0.3 is 14.6 Å². The molecule has 6 nitrogen and oxygen atoms in total. The standard InChI is InChI=1S/C14H23N3O3S/c1-10(2)7-11(8-16(3)4)17-6-5-12(18)15-14(17)21-9-13(19)20/h5-6,10-11H,7-9H2,1-4H3,(H,19,20). The van der Waals surface area contributed by atoms with Crippen LogP contribution in [0, 0.1) is 5.92 Å². The number of carboxylic acids is 1. The van der Waals surface area contributed by atoms with E-state index in [0.717, 1.165) is 24.7 Å². The zero-order valence-corrected chi connectivity index (χ0v) is 13.8. The van der Waals surface area contributed by atoms with Gasteiger partial charge >= 0.3 is 5.97 Å². The lowest BCUT2D eigenvalue weighted by Crippen LogP contribution is -2.28. The smallest absolute Gasteiger partial charge is 0.313 e. The van der Waals surface area contributed by atoms with Gasteiger partial charge in [-0.2, -0.15) is 4.98 Å². The summed E-state index contributed by atoms with van der Waals surface area (Å²) in [5.41, 5.74) is -0.340. The first-order valence-corrected chi connectivity index (χ1v) is 7.86. The molecule has 1 rings (SSSR count). The maximum atomic E-state index is 11.5. The van der Waals surface area contributed by atoms with Crippen LogP contribution in [0.2, 0.25) is 0 Å². The Morgan fingerprint density at radius 1 is 1.48 bits per heavy atom. The highest BCUT2D eigenvalue weighted by atomic mass is 32.2. The van der Waals surface area contributed by atoms with E-state index in [9.17, 15) is 9.59 Å². The summed E-state index contributed by atoms with van der Waals surface area (Å²) in [4.78, 5) is 28.3. The largest absolute Gasteiger partial charge is 0.481 e. The van der Waals surface area contributed by atoms with Crippen molar-refractivity contribution in [3.63, 3.8) is 0 Å². The van der Waals surface area contributed by atoms with Crippen LogP contribution >= 0.6 is 11.8 Å². The maximum absolute atomic E-state index is 11.5. The molecule has 0 aliphatic rings. The summed E-state index contributed by atoms with van der Waals surface area (Å²) in [6, 6.07) is 1.58. The molecule has 1 aromatic rings. The molecule has 0 aromatic carbocycles. The van der Waals surface area contributed by atoms with Crippen LogP contribution < -0.4 is 5.56 Å². The van der Waals surface area contributed by atoms with Crippen LogP contribution in [0.25, 0.3) is 0 Å². The number of aliphatic carboxylic acids is 1. The highest BCUT2D eigenvalue weighted by Crippen LogP contribution is 2.23. The van der Waals surface area contributed by atoms with Crippen molar-refractivity contribution in [1.29, 1.82) is 0 Å². The Hall–Kier alpha value is -1.34. The van der Waals surface area contributed by atoms with Gasteiger partial charge in [0.25, 0.3) is 5.56 Å². The number of rotatable bonds is 8. The van der Waals surface area contributed by atoms with Gasteiger partial charge in [0, 0.05) is 24.8 Å². The molecule has 0 aliphatic heterocycles. The van der Waals surface area contributed by atoms with E-state index >= 15 is 0 Å². The number of carbonyl (C=O) groups is 1. The number of aromatic nitrogens is 2. The third kappa shape index (κ3) is 6.31. The Kier molecular flexibility index (Phi) is 6.91. The Morgan fingerprint density at radius 2 is 2.14 bits per heavy atom. The van der Waals surface area contributed by atoms with Crippen LogP contribution in [-0.4, -0.2) is 51.9 Å². The van der Waals surface area contributed by atoms with Crippen molar-refractivity contribution in [3.05, 3.63) is 22.6 Å². The van der Waals surface area contributed by atoms with E-state index < -0.39 is 5.97 Å². The van der Waals surface area contributed by atoms with Crippen molar-refractivity contribution >= 4 is 17.7 Å². The van der Waals surface area contributed by atoms with Gasteiger partial charge in [-0.05, 0) is 26.4 Å². The third-order valence-electron chi connectivity index (χ3n) is 2.84. The summed E-state index contributed by atoms with van der Waals surface area (Å²) in [6.07, 6.45) is 2.65. The number of thioether (sulfide) groups is 1. The molecule has 0 fully saturated rings. The molecule has 1 aromatic heterocycles. The van der Waals surface area contributed by atoms with Crippen molar-refractivity contribution in [1.82, 2.24) is 14.5 Å². The lowest BCUT2D eigenvalue weighted by molar-refractivity contribution is -0.133. The zero-order valence-electron chi connectivity index (χ0n) is 12.9. The molecule has 0 spiro atoms. The lowest BCUT2D eigenvalue weighted by atomic mass is 10.0. The second kappa shape index (κ2) is 8.19. The van der Waals surface area contributed by atoms with Crippen molar-refractivity contribution in [2.75, 3.05) is 26.4 Å². The van der Waals surface area contributed by atoms with Crippen LogP contribution in [0.3, 0.4) is 0 Å². The van der Waals surface area contributed by atoms with E-state index in [1.807, 2.05) is 18.7 Å². The molecule has 0 aliphatic carbocycles. The van der Waals surface area contributed by atoms with E-state index in [0.29, 0.717) is 11.1 Å². The topological polar surface area (TPSA) is 75.4 Å². The number of carboxylic acid groups (broad SMARTS) is 1. The van der Waals surface area contributed by atoms with Gasteiger partial charge in [-0.15, -0.1) is 0 Å². The predicted octanol–water partition coefficient (Wildman–Crippen LogP) is 1.57. The first-order valence-electron chi connectivity index (χ1n) is 6.88. The van der Waals surface area contributed by atoms with Crippen molar-refractivity contribution in [2.45, 2.75) is 31.5 Å². The van der Waals surface area contributed by atoms with Crippen LogP contribution in [0.5, 0.6) is 0 Å². The monoisotopic (exact) mass is 313 g/mol. The number of nitrogens with zero attached hydrogens (tertiary/aromatic N) is 3. The van der Waals surface area contributed by atoms with Gasteiger partial charge in [-0.25, -0.2) is 0 Å². The molecule has 0 saturated heterocycles. The van der Waals surface area contributed by atoms with Gasteiger partial charge in [0.1, 0.15) is 0 Å². The molecule has 1 N–H and O–H groups in total. The van der Waals surface area contributed by atoms with Crippen LogP contribution in [0.15, 0.2) is 22.2 Å². The molecular weight excluding hydrogens is 290 g/mol. The van der Waals surface area contributed by atoms with E-state index in [1.54, 1.807) is 6.20 Å². The molecule has 1 atom stereocenters. The van der Waals surface area contributed by atoms with Gasteiger partial charge in [-0.1, -0.05) is 25.6 Å². The normalized spacial score (nSPS) is 12.9. The Morgan fingerprint density at radius 3 is 2.67 bits per heavy atom. The predicted molar refractivity (Wildman–Crippen MR) is 83.9 cm³/mol. The SMILES string of the molecule is CC(C)CC(CN(C)C)n1ccc(=O)nc1SCC(=O)O. The number of hydrogen-bond acceptors (Lipinski definition) is 5. The highest BCUT2D eigenvalue weighted by molar-refractivity contribution is 7.99. The summed E-state index contributed by atoms with van der Waals surface area (Å²) in [5.74, 6) is -0.531.